The van der Waals surface area contributed by atoms with E-state index in [9.17, 15) is 0 Å². The number of nitrogens with zero attached hydrogens (tertiary/aromatic N) is 1. The van der Waals surface area contributed by atoms with E-state index < -0.39 is 0 Å². The first kappa shape index (κ1) is 17.2. The van der Waals surface area contributed by atoms with Gasteiger partial charge in [-0.15, -0.1) is 24.0 Å². The lowest BCUT2D eigenvalue weighted by Gasteiger charge is -2.05. The molecule has 0 heterocycles. The molecule has 3 N–H and O–H groups in total. The predicted molar refractivity (Wildman–Crippen MR) is 87.7 cm³/mol. The van der Waals surface area contributed by atoms with E-state index >= 15 is 0 Å². The minimum absolute atomic E-state index is 0. The number of benzene rings is 1. The van der Waals surface area contributed by atoms with Crippen molar-refractivity contribution in [1.82, 2.24) is 0 Å². The monoisotopic (exact) mass is 363 g/mol. The van der Waals surface area contributed by atoms with Crippen molar-refractivity contribution in [3.8, 4) is 0 Å². The van der Waals surface area contributed by atoms with Crippen molar-refractivity contribution in [3.63, 3.8) is 0 Å². The van der Waals surface area contributed by atoms with Crippen molar-refractivity contribution in [2.45, 2.75) is 19.8 Å². The topological polar surface area (TPSA) is 59.6 Å². The summed E-state index contributed by atoms with van der Waals surface area (Å²) >= 11 is 0. The molecule has 0 aromatic heterocycles. The van der Waals surface area contributed by atoms with Gasteiger partial charge in [-0.05, 0) is 31.9 Å². The van der Waals surface area contributed by atoms with Gasteiger partial charge in [0.15, 0.2) is 5.96 Å². The first-order valence-corrected chi connectivity index (χ1v) is 6.02. The summed E-state index contributed by atoms with van der Waals surface area (Å²) in [5.41, 5.74) is 6.72. The number of unbranched alkanes of at least 4 members (excludes halogenated alkanes) is 1. The van der Waals surface area contributed by atoms with Gasteiger partial charge in [0.25, 0.3) is 0 Å². The molecule has 1 aromatic rings. The number of hydrogen-bond acceptors (Lipinski definition) is 2. The molecule has 102 valence electrons. The standard InChI is InChI=1S/C13H21N3O.HI/c1-2-17-11-7-6-10-15-13(14)16-12-8-4-3-5-9-12;/h3-5,8-9H,2,6-7,10-11H2,1H3,(H3,14,15,16);1H. The molecule has 0 bridgehead atoms. The highest BCUT2D eigenvalue weighted by Crippen LogP contribution is 2.03. The van der Waals surface area contributed by atoms with Crippen molar-refractivity contribution in [1.29, 1.82) is 0 Å². The first-order chi connectivity index (χ1) is 8.33. The van der Waals surface area contributed by atoms with Gasteiger partial charge in [0.05, 0.1) is 0 Å². The average Bonchev–Trinajstić information content (AvgIpc) is 2.35. The molecule has 5 heteroatoms. The van der Waals surface area contributed by atoms with Crippen molar-refractivity contribution >= 4 is 35.6 Å². The van der Waals surface area contributed by atoms with Crippen LogP contribution in [-0.2, 0) is 4.74 Å². The summed E-state index contributed by atoms with van der Waals surface area (Å²) in [7, 11) is 0. The number of ether oxygens (including phenoxy) is 1. The number of nitrogens with one attached hydrogen (secondary N) is 1. The lowest BCUT2D eigenvalue weighted by atomic mass is 10.3. The average molecular weight is 363 g/mol. The quantitative estimate of drug-likeness (QED) is 0.339. The van der Waals surface area contributed by atoms with Crippen LogP contribution in [0.3, 0.4) is 0 Å². The molecule has 18 heavy (non-hydrogen) atoms. The van der Waals surface area contributed by atoms with Crippen molar-refractivity contribution < 1.29 is 4.74 Å². The molecule has 1 aromatic carbocycles. The number of para-hydroxylation sites is 1. The summed E-state index contributed by atoms with van der Waals surface area (Å²) in [6, 6.07) is 9.79. The molecule has 0 atom stereocenters. The van der Waals surface area contributed by atoms with Gasteiger partial charge in [-0.25, -0.2) is 0 Å². The summed E-state index contributed by atoms with van der Waals surface area (Å²) in [6.45, 7) is 4.32. The van der Waals surface area contributed by atoms with Crippen LogP contribution >= 0.6 is 24.0 Å². The minimum Gasteiger partial charge on any atom is -0.382 e. The number of guanidine groups is 1. The zero-order chi connectivity index (χ0) is 12.3. The van der Waals surface area contributed by atoms with Crippen LogP contribution in [0.25, 0.3) is 0 Å². The van der Waals surface area contributed by atoms with Crippen LogP contribution < -0.4 is 11.1 Å². The third-order valence-corrected chi connectivity index (χ3v) is 2.23. The normalized spacial score (nSPS) is 10.8. The van der Waals surface area contributed by atoms with E-state index in [2.05, 4.69) is 10.3 Å². The predicted octanol–water partition coefficient (Wildman–Crippen LogP) is 2.85. The molecule has 0 saturated heterocycles. The third kappa shape index (κ3) is 8.30. The molecular formula is C13H22IN3O. The molecule has 4 nitrogen and oxygen atoms in total. The Morgan fingerprint density at radius 2 is 2.00 bits per heavy atom. The zero-order valence-electron chi connectivity index (χ0n) is 10.8. The van der Waals surface area contributed by atoms with Crippen LogP contribution in [0.5, 0.6) is 0 Å². The number of hydrogen-bond donors (Lipinski definition) is 2. The molecule has 0 aliphatic carbocycles. The Morgan fingerprint density at radius 1 is 1.28 bits per heavy atom. The fourth-order valence-electron chi connectivity index (χ4n) is 1.37. The lowest BCUT2D eigenvalue weighted by Crippen LogP contribution is -2.22. The molecule has 0 aliphatic rings. The maximum absolute atomic E-state index is 5.75. The Kier molecular flexibility index (Phi) is 10.8. The van der Waals surface area contributed by atoms with Crippen LogP contribution in [0.4, 0.5) is 5.69 Å². The SMILES string of the molecule is CCOCCCCN=C(N)Nc1ccccc1.I. The van der Waals surface area contributed by atoms with Gasteiger partial charge in [0, 0.05) is 25.4 Å². The van der Waals surface area contributed by atoms with Crippen LogP contribution in [-0.4, -0.2) is 25.7 Å². The second-order valence-corrected chi connectivity index (χ2v) is 3.66. The van der Waals surface area contributed by atoms with Crippen LogP contribution in [0.1, 0.15) is 19.8 Å². The van der Waals surface area contributed by atoms with Gasteiger partial charge in [-0.2, -0.15) is 0 Å². The fourth-order valence-corrected chi connectivity index (χ4v) is 1.37. The summed E-state index contributed by atoms with van der Waals surface area (Å²) in [4.78, 5) is 4.24. The van der Waals surface area contributed by atoms with Gasteiger partial charge in [-0.1, -0.05) is 18.2 Å². The number of aliphatic imine (C=N–C) groups is 1. The summed E-state index contributed by atoms with van der Waals surface area (Å²) < 4.78 is 5.24. The second kappa shape index (κ2) is 11.3. The van der Waals surface area contributed by atoms with Crippen LogP contribution in [0, 0.1) is 0 Å². The number of rotatable bonds is 7. The van der Waals surface area contributed by atoms with Crippen molar-refractivity contribution in [2.24, 2.45) is 10.7 Å². The lowest BCUT2D eigenvalue weighted by molar-refractivity contribution is 0.144. The Morgan fingerprint density at radius 3 is 2.67 bits per heavy atom. The molecule has 0 aliphatic heterocycles. The van der Waals surface area contributed by atoms with Gasteiger partial charge in [0.1, 0.15) is 0 Å². The fraction of sp³-hybridized carbons (Fsp3) is 0.462. The molecule has 0 amide bonds. The smallest absolute Gasteiger partial charge is 0.193 e. The first-order valence-electron chi connectivity index (χ1n) is 6.02. The Bertz CT molecular complexity index is 330. The molecule has 0 spiro atoms. The van der Waals surface area contributed by atoms with Gasteiger partial charge >= 0.3 is 0 Å². The van der Waals surface area contributed by atoms with Crippen LogP contribution in [0.2, 0.25) is 0 Å². The molecule has 0 fully saturated rings. The maximum Gasteiger partial charge on any atom is 0.193 e. The van der Waals surface area contributed by atoms with Crippen molar-refractivity contribution in [2.75, 3.05) is 25.1 Å². The maximum atomic E-state index is 5.75. The number of nitrogens with two attached hydrogens (primary N) is 1. The molecule has 1 rings (SSSR count). The highest BCUT2D eigenvalue weighted by atomic mass is 127. The summed E-state index contributed by atoms with van der Waals surface area (Å²) in [5, 5.41) is 3.04. The van der Waals surface area contributed by atoms with E-state index in [0.717, 1.165) is 38.3 Å². The van der Waals surface area contributed by atoms with E-state index in [1.807, 2.05) is 37.3 Å². The van der Waals surface area contributed by atoms with Crippen LogP contribution in [0.15, 0.2) is 35.3 Å². The second-order valence-electron chi connectivity index (χ2n) is 3.66. The molecule has 0 radical (unpaired) electrons. The van der Waals surface area contributed by atoms with E-state index in [-0.39, 0.29) is 24.0 Å². The summed E-state index contributed by atoms with van der Waals surface area (Å²) in [6.07, 6.45) is 2.02. The Balaban J connectivity index is 0.00000289. The number of anilines is 1. The molecule has 0 saturated carbocycles. The molecule has 0 unspecified atom stereocenters. The molecular weight excluding hydrogens is 341 g/mol. The summed E-state index contributed by atoms with van der Waals surface area (Å²) in [5.74, 6) is 0.465. The highest BCUT2D eigenvalue weighted by Gasteiger charge is 1.93. The minimum atomic E-state index is 0. The van der Waals surface area contributed by atoms with Gasteiger partial charge in [-0.3, -0.25) is 4.99 Å². The zero-order valence-corrected chi connectivity index (χ0v) is 13.1. The van der Waals surface area contributed by atoms with E-state index in [1.54, 1.807) is 0 Å². The van der Waals surface area contributed by atoms with Gasteiger partial charge < -0.3 is 15.8 Å². The van der Waals surface area contributed by atoms with Crippen molar-refractivity contribution in [3.05, 3.63) is 30.3 Å². The largest absolute Gasteiger partial charge is 0.382 e. The van der Waals surface area contributed by atoms with Gasteiger partial charge in [0.2, 0.25) is 0 Å². The van der Waals surface area contributed by atoms with E-state index in [4.69, 9.17) is 10.5 Å². The third-order valence-electron chi connectivity index (χ3n) is 2.23. The number of halogens is 1. The highest BCUT2D eigenvalue weighted by molar-refractivity contribution is 14.0. The van der Waals surface area contributed by atoms with E-state index in [0.29, 0.717) is 5.96 Å². The van der Waals surface area contributed by atoms with E-state index in [1.165, 1.54) is 0 Å². The Labute approximate surface area is 126 Å². The Hall–Kier alpha value is -0.820.